The van der Waals surface area contributed by atoms with Crippen LogP contribution in [0.1, 0.15) is 28.3 Å². The Morgan fingerprint density at radius 1 is 0.870 bits per heavy atom. The van der Waals surface area contributed by atoms with Crippen molar-refractivity contribution < 1.29 is 34.2 Å². The standard InChI is InChI=1S/C33H34N6O7/c1-45-27-16-25(26(38-29(40)19-36-33(42)43)17-28(27)46-20-22-10-6-3-7-11-22)30(32(41)35-18-21-8-4-2-5-9-21)37-24-14-12-23(13-15-24)31(34)39-44/h2-17,30,36-37,44H,18-20H2,1H3,(H2,34,39)(H,35,41)(H,38,40)(H,42,43). The molecule has 1 unspecified atom stereocenters. The first-order valence-corrected chi connectivity index (χ1v) is 14.1. The molecule has 1 atom stereocenters. The summed E-state index contributed by atoms with van der Waals surface area (Å²) in [5, 5.41) is 31.9. The zero-order valence-corrected chi connectivity index (χ0v) is 24.9. The zero-order valence-electron chi connectivity index (χ0n) is 24.9. The molecule has 46 heavy (non-hydrogen) atoms. The molecule has 0 saturated heterocycles. The van der Waals surface area contributed by atoms with Crippen LogP contribution in [-0.2, 0) is 22.7 Å². The van der Waals surface area contributed by atoms with Crippen LogP contribution in [0.2, 0.25) is 0 Å². The largest absolute Gasteiger partial charge is 0.493 e. The molecule has 13 heteroatoms. The fraction of sp³-hybridized carbons (Fsp3) is 0.152. The predicted molar refractivity (Wildman–Crippen MR) is 172 cm³/mol. The van der Waals surface area contributed by atoms with Gasteiger partial charge in [0.25, 0.3) is 0 Å². The van der Waals surface area contributed by atoms with Crippen molar-refractivity contribution in [2.75, 3.05) is 24.3 Å². The third kappa shape index (κ3) is 9.13. The average molecular weight is 627 g/mol. The van der Waals surface area contributed by atoms with Crippen LogP contribution in [0.15, 0.2) is 102 Å². The molecule has 0 radical (unpaired) electrons. The van der Waals surface area contributed by atoms with Crippen molar-refractivity contribution in [1.82, 2.24) is 10.6 Å². The average Bonchev–Trinajstić information content (AvgIpc) is 3.08. The summed E-state index contributed by atoms with van der Waals surface area (Å²) in [6, 6.07) is 27.3. The molecule has 3 amide bonds. The molecule has 4 rings (SSSR count). The SMILES string of the molecule is COc1cc(C(Nc2ccc(C(N)=NO)cc2)C(=O)NCc2ccccc2)c(NC(=O)CNC(=O)O)cc1OCc1ccccc1. The number of methoxy groups -OCH3 is 1. The highest BCUT2D eigenvalue weighted by Crippen LogP contribution is 2.38. The van der Waals surface area contributed by atoms with Gasteiger partial charge in [-0.2, -0.15) is 0 Å². The second-order valence-electron chi connectivity index (χ2n) is 9.91. The van der Waals surface area contributed by atoms with Crippen molar-refractivity contribution in [2.45, 2.75) is 19.2 Å². The Balaban J connectivity index is 1.74. The monoisotopic (exact) mass is 626 g/mol. The van der Waals surface area contributed by atoms with E-state index in [4.69, 9.17) is 25.5 Å². The summed E-state index contributed by atoms with van der Waals surface area (Å²) in [6.07, 6.45) is -1.37. The normalized spacial score (nSPS) is 11.5. The maximum atomic E-state index is 13.9. The van der Waals surface area contributed by atoms with E-state index in [1.807, 2.05) is 66.0 Å². The van der Waals surface area contributed by atoms with Gasteiger partial charge >= 0.3 is 6.09 Å². The highest BCUT2D eigenvalue weighted by Gasteiger charge is 2.27. The topological polar surface area (TPSA) is 197 Å². The number of carbonyl (C=O) groups is 3. The van der Waals surface area contributed by atoms with Crippen molar-refractivity contribution in [1.29, 1.82) is 0 Å². The van der Waals surface area contributed by atoms with Gasteiger partial charge in [-0.15, -0.1) is 0 Å². The van der Waals surface area contributed by atoms with Gasteiger partial charge in [0, 0.05) is 29.4 Å². The van der Waals surface area contributed by atoms with E-state index in [9.17, 15) is 14.4 Å². The minimum absolute atomic E-state index is 0.0838. The maximum Gasteiger partial charge on any atom is 0.405 e. The van der Waals surface area contributed by atoms with Gasteiger partial charge in [-0.1, -0.05) is 65.8 Å². The number of nitrogens with zero attached hydrogens (tertiary/aromatic N) is 1. The van der Waals surface area contributed by atoms with E-state index >= 15 is 0 Å². The number of ether oxygens (including phenoxy) is 2. The van der Waals surface area contributed by atoms with Gasteiger partial charge < -0.3 is 46.8 Å². The molecule has 0 aliphatic rings. The number of nitrogens with one attached hydrogen (secondary N) is 4. The van der Waals surface area contributed by atoms with Gasteiger partial charge in [0.2, 0.25) is 11.8 Å². The number of amidine groups is 1. The molecule has 0 spiro atoms. The number of rotatable bonds is 14. The first-order valence-electron chi connectivity index (χ1n) is 14.1. The van der Waals surface area contributed by atoms with Crippen molar-refractivity contribution in [2.24, 2.45) is 10.9 Å². The number of hydrogen-bond donors (Lipinski definition) is 7. The molecular weight excluding hydrogens is 592 g/mol. The maximum absolute atomic E-state index is 13.9. The lowest BCUT2D eigenvalue weighted by Gasteiger charge is -2.24. The lowest BCUT2D eigenvalue weighted by Crippen LogP contribution is -2.35. The van der Waals surface area contributed by atoms with E-state index in [1.54, 1.807) is 30.3 Å². The number of nitrogens with two attached hydrogens (primary N) is 1. The molecule has 0 aliphatic heterocycles. The lowest BCUT2D eigenvalue weighted by molar-refractivity contribution is -0.122. The van der Waals surface area contributed by atoms with Gasteiger partial charge in [0.15, 0.2) is 17.3 Å². The third-order valence-corrected chi connectivity index (χ3v) is 6.73. The Morgan fingerprint density at radius 3 is 2.13 bits per heavy atom. The molecular formula is C33H34N6O7. The summed E-state index contributed by atoms with van der Waals surface area (Å²) in [5.74, 6) is -0.627. The summed E-state index contributed by atoms with van der Waals surface area (Å²) < 4.78 is 11.7. The van der Waals surface area contributed by atoms with Crippen molar-refractivity contribution in [3.8, 4) is 11.5 Å². The second-order valence-corrected chi connectivity index (χ2v) is 9.91. The number of hydrogen-bond acceptors (Lipinski definition) is 8. The summed E-state index contributed by atoms with van der Waals surface area (Å²) in [6.45, 7) is -0.120. The van der Waals surface area contributed by atoms with Crippen LogP contribution < -0.4 is 36.5 Å². The van der Waals surface area contributed by atoms with E-state index in [2.05, 4.69) is 21.1 Å². The number of amides is 3. The summed E-state index contributed by atoms with van der Waals surface area (Å²) in [5.41, 5.74) is 8.91. The first kappa shape index (κ1) is 32.7. The van der Waals surface area contributed by atoms with Crippen LogP contribution in [-0.4, -0.2) is 47.7 Å². The predicted octanol–water partition coefficient (Wildman–Crippen LogP) is 4.04. The van der Waals surface area contributed by atoms with E-state index < -0.39 is 30.5 Å². The number of carboxylic acid groups (broad SMARTS) is 1. The summed E-state index contributed by atoms with van der Waals surface area (Å²) in [7, 11) is 1.45. The fourth-order valence-corrected chi connectivity index (χ4v) is 4.41. The van der Waals surface area contributed by atoms with Crippen molar-refractivity contribution >= 4 is 35.1 Å². The van der Waals surface area contributed by atoms with Gasteiger partial charge in [0.05, 0.1) is 12.8 Å². The molecule has 8 N–H and O–H groups in total. The third-order valence-electron chi connectivity index (χ3n) is 6.73. The quantitative estimate of drug-likeness (QED) is 0.0467. The highest BCUT2D eigenvalue weighted by atomic mass is 16.5. The molecule has 13 nitrogen and oxygen atoms in total. The van der Waals surface area contributed by atoms with Gasteiger partial charge in [0.1, 0.15) is 19.2 Å². The molecule has 238 valence electrons. The highest BCUT2D eigenvalue weighted by molar-refractivity contribution is 5.98. The zero-order chi connectivity index (χ0) is 32.9. The van der Waals surface area contributed by atoms with E-state index in [-0.39, 0.29) is 36.2 Å². The molecule has 0 aromatic heterocycles. The number of anilines is 2. The Hall–Kier alpha value is -6.24. The molecule has 0 saturated carbocycles. The smallest absolute Gasteiger partial charge is 0.405 e. The second kappa shape index (κ2) is 16.0. The molecule has 4 aromatic rings. The van der Waals surface area contributed by atoms with Crippen LogP contribution in [0.5, 0.6) is 11.5 Å². The first-order chi connectivity index (χ1) is 22.3. The van der Waals surface area contributed by atoms with Crippen LogP contribution in [0.3, 0.4) is 0 Å². The molecule has 0 bridgehead atoms. The Bertz CT molecular complexity index is 1670. The van der Waals surface area contributed by atoms with Crippen LogP contribution >= 0.6 is 0 Å². The molecule has 4 aromatic carbocycles. The Labute approximate surface area is 265 Å². The van der Waals surface area contributed by atoms with Crippen molar-refractivity contribution in [3.63, 3.8) is 0 Å². The minimum atomic E-state index is -1.37. The summed E-state index contributed by atoms with van der Waals surface area (Å²) in [4.78, 5) is 37.7. The van der Waals surface area contributed by atoms with Crippen LogP contribution in [0.4, 0.5) is 16.2 Å². The van der Waals surface area contributed by atoms with Crippen LogP contribution in [0.25, 0.3) is 0 Å². The van der Waals surface area contributed by atoms with Gasteiger partial charge in [-0.05, 0) is 41.5 Å². The number of oxime groups is 1. The van der Waals surface area contributed by atoms with Gasteiger partial charge in [-0.25, -0.2) is 4.79 Å². The van der Waals surface area contributed by atoms with E-state index in [1.165, 1.54) is 13.2 Å². The van der Waals surface area contributed by atoms with E-state index in [0.717, 1.165) is 11.1 Å². The molecule has 0 fully saturated rings. The Kier molecular flexibility index (Phi) is 11.4. The van der Waals surface area contributed by atoms with Gasteiger partial charge in [-0.3, -0.25) is 9.59 Å². The van der Waals surface area contributed by atoms with Crippen LogP contribution in [0, 0.1) is 0 Å². The molecule has 0 heterocycles. The molecule has 0 aliphatic carbocycles. The summed E-state index contributed by atoms with van der Waals surface area (Å²) >= 11 is 0. The van der Waals surface area contributed by atoms with Crippen molar-refractivity contribution in [3.05, 3.63) is 119 Å². The number of benzene rings is 4. The lowest BCUT2D eigenvalue weighted by atomic mass is 10.0. The Morgan fingerprint density at radius 2 is 1.52 bits per heavy atom. The number of carbonyl (C=O) groups excluding carboxylic acids is 2. The van der Waals surface area contributed by atoms with E-state index in [0.29, 0.717) is 16.8 Å². The fourth-order valence-electron chi connectivity index (χ4n) is 4.41. The minimum Gasteiger partial charge on any atom is -0.493 e.